The van der Waals surface area contributed by atoms with Gasteiger partial charge in [0.1, 0.15) is 6.61 Å². The molecule has 1 fully saturated rings. The van der Waals surface area contributed by atoms with Gasteiger partial charge in [-0.05, 0) is 38.8 Å². The van der Waals surface area contributed by atoms with E-state index in [9.17, 15) is 4.79 Å². The van der Waals surface area contributed by atoms with Gasteiger partial charge in [-0.25, -0.2) is 0 Å². The van der Waals surface area contributed by atoms with Gasteiger partial charge in [0.05, 0.1) is 9.75 Å². The summed E-state index contributed by atoms with van der Waals surface area (Å²) >= 11 is 1.39. The van der Waals surface area contributed by atoms with E-state index < -0.39 is 0 Å². The highest BCUT2D eigenvalue weighted by molar-refractivity contribution is 7.14. The van der Waals surface area contributed by atoms with Crippen molar-refractivity contribution in [3.63, 3.8) is 0 Å². The van der Waals surface area contributed by atoms with E-state index in [0.29, 0.717) is 0 Å². The predicted octanol–water partition coefficient (Wildman–Crippen LogP) is 2.11. The van der Waals surface area contributed by atoms with Gasteiger partial charge in [0, 0.05) is 12.1 Å². The first-order valence-corrected chi connectivity index (χ1v) is 6.88. The van der Waals surface area contributed by atoms with E-state index in [4.69, 9.17) is 5.11 Å². The predicted molar refractivity (Wildman–Crippen MR) is 72.6 cm³/mol. The monoisotopic (exact) mass is 263 g/mol. The zero-order chi connectivity index (χ0) is 13.2. The Morgan fingerprint density at radius 1 is 1.56 bits per heavy atom. The quantitative estimate of drug-likeness (QED) is 0.788. The number of nitrogens with zero attached hydrogens (tertiary/aromatic N) is 1. The zero-order valence-electron chi connectivity index (χ0n) is 10.7. The molecule has 96 valence electrons. The number of carbonyl (C=O) groups is 1. The van der Waals surface area contributed by atoms with Crippen molar-refractivity contribution < 1.29 is 9.90 Å². The molecule has 2 rings (SSSR count). The molecule has 1 N–H and O–H groups in total. The van der Waals surface area contributed by atoms with Crippen LogP contribution in [0.5, 0.6) is 0 Å². The van der Waals surface area contributed by atoms with Crippen molar-refractivity contribution in [1.29, 1.82) is 0 Å². The lowest BCUT2D eigenvalue weighted by molar-refractivity contribution is 0.0657. The first-order chi connectivity index (χ1) is 8.54. The highest BCUT2D eigenvalue weighted by Gasteiger charge is 2.36. The van der Waals surface area contributed by atoms with E-state index in [-0.39, 0.29) is 18.1 Å². The fourth-order valence-corrected chi connectivity index (χ4v) is 3.09. The summed E-state index contributed by atoms with van der Waals surface area (Å²) in [6, 6.07) is 3.66. The summed E-state index contributed by atoms with van der Waals surface area (Å²) < 4.78 is 0. The highest BCUT2D eigenvalue weighted by Crippen LogP contribution is 2.31. The van der Waals surface area contributed by atoms with Crippen molar-refractivity contribution in [1.82, 2.24) is 4.90 Å². The summed E-state index contributed by atoms with van der Waals surface area (Å²) in [6.07, 6.45) is 2.13. The Hall–Kier alpha value is -1.31. The third kappa shape index (κ3) is 2.58. The largest absolute Gasteiger partial charge is 0.384 e. The molecule has 0 saturated carbocycles. The molecule has 1 aliphatic heterocycles. The van der Waals surface area contributed by atoms with Crippen LogP contribution in [0.1, 0.15) is 41.2 Å². The van der Waals surface area contributed by atoms with E-state index in [1.54, 1.807) is 0 Å². The van der Waals surface area contributed by atoms with E-state index in [0.717, 1.165) is 29.1 Å². The smallest absolute Gasteiger partial charge is 0.264 e. The lowest BCUT2D eigenvalue weighted by atomic mass is 10.0. The molecule has 1 aromatic heterocycles. The summed E-state index contributed by atoms with van der Waals surface area (Å²) in [5.74, 6) is 5.52. The molecule has 2 heterocycles. The van der Waals surface area contributed by atoms with Gasteiger partial charge in [-0.2, -0.15) is 0 Å². The second-order valence-corrected chi connectivity index (χ2v) is 6.08. The first kappa shape index (κ1) is 13.1. The third-order valence-electron chi connectivity index (χ3n) is 3.25. The SMILES string of the molecule is CC1(C)CCCN1C(=O)c1ccc(C#CCO)s1. The molecule has 0 aromatic carbocycles. The number of aliphatic hydroxyl groups is 1. The lowest BCUT2D eigenvalue weighted by Crippen LogP contribution is -2.42. The van der Waals surface area contributed by atoms with Gasteiger partial charge < -0.3 is 10.0 Å². The number of aliphatic hydroxyl groups excluding tert-OH is 1. The molecule has 1 aromatic rings. The van der Waals surface area contributed by atoms with Crippen LogP contribution in [0.15, 0.2) is 12.1 Å². The fourth-order valence-electron chi connectivity index (χ4n) is 2.26. The van der Waals surface area contributed by atoms with E-state index in [1.807, 2.05) is 17.0 Å². The molecule has 0 unspecified atom stereocenters. The molecule has 18 heavy (non-hydrogen) atoms. The molecule has 4 heteroatoms. The lowest BCUT2D eigenvalue weighted by Gasteiger charge is -2.31. The molecule has 3 nitrogen and oxygen atoms in total. The number of carbonyl (C=O) groups excluding carboxylic acids is 1. The minimum atomic E-state index is -0.152. The molecular weight excluding hydrogens is 246 g/mol. The van der Waals surface area contributed by atoms with Crippen LogP contribution in [-0.2, 0) is 0 Å². The molecule has 1 saturated heterocycles. The number of rotatable bonds is 1. The zero-order valence-corrected chi connectivity index (χ0v) is 11.5. The Kier molecular flexibility index (Phi) is 3.74. The summed E-state index contributed by atoms with van der Waals surface area (Å²) in [5, 5.41) is 8.64. The van der Waals surface area contributed by atoms with Crippen LogP contribution >= 0.6 is 11.3 Å². The summed E-state index contributed by atoms with van der Waals surface area (Å²) in [6.45, 7) is 4.90. The number of likely N-dealkylation sites (tertiary alicyclic amines) is 1. The number of amides is 1. The Balaban J connectivity index is 2.17. The van der Waals surface area contributed by atoms with E-state index in [1.165, 1.54) is 11.3 Å². The van der Waals surface area contributed by atoms with E-state index in [2.05, 4.69) is 25.7 Å². The summed E-state index contributed by atoms with van der Waals surface area (Å²) in [4.78, 5) is 15.9. The topological polar surface area (TPSA) is 40.5 Å². The Morgan fingerprint density at radius 3 is 2.94 bits per heavy atom. The van der Waals surface area contributed by atoms with Gasteiger partial charge in [0.25, 0.3) is 5.91 Å². The molecule has 0 aliphatic carbocycles. The maximum atomic E-state index is 12.4. The van der Waals surface area contributed by atoms with Crippen LogP contribution in [0.4, 0.5) is 0 Å². The van der Waals surface area contributed by atoms with Gasteiger partial charge in [-0.3, -0.25) is 4.79 Å². The van der Waals surface area contributed by atoms with Gasteiger partial charge in [-0.15, -0.1) is 11.3 Å². The molecule has 0 radical (unpaired) electrons. The first-order valence-electron chi connectivity index (χ1n) is 6.06. The van der Waals surface area contributed by atoms with Gasteiger partial charge in [0.2, 0.25) is 0 Å². The van der Waals surface area contributed by atoms with Crippen molar-refractivity contribution >= 4 is 17.2 Å². The van der Waals surface area contributed by atoms with Crippen LogP contribution in [0, 0.1) is 11.8 Å². The van der Waals surface area contributed by atoms with Crippen LogP contribution in [-0.4, -0.2) is 34.6 Å². The minimum absolute atomic E-state index is 0.0436. The average Bonchev–Trinajstić information content (AvgIpc) is 2.92. The Morgan fingerprint density at radius 2 is 2.33 bits per heavy atom. The number of hydrogen-bond donors (Lipinski definition) is 1. The number of thiophene rings is 1. The molecule has 0 atom stereocenters. The summed E-state index contributed by atoms with van der Waals surface area (Å²) in [5.41, 5.74) is -0.0436. The standard InChI is InChI=1S/C14H17NO2S/c1-14(2)8-4-9-15(14)13(17)12-7-6-11(18-12)5-3-10-16/h6-7,16H,4,8-10H2,1-2H3. The van der Waals surface area contributed by atoms with Gasteiger partial charge in [0.15, 0.2) is 0 Å². The van der Waals surface area contributed by atoms with Crippen molar-refractivity contribution in [3.8, 4) is 11.8 Å². The van der Waals surface area contributed by atoms with Crippen LogP contribution in [0.3, 0.4) is 0 Å². The normalized spacial score (nSPS) is 17.4. The fraction of sp³-hybridized carbons (Fsp3) is 0.500. The van der Waals surface area contributed by atoms with Crippen molar-refractivity contribution in [2.75, 3.05) is 13.2 Å². The van der Waals surface area contributed by atoms with Crippen LogP contribution in [0.2, 0.25) is 0 Å². The second-order valence-electron chi connectivity index (χ2n) is 5.00. The number of hydrogen-bond acceptors (Lipinski definition) is 3. The Labute approximate surface area is 111 Å². The van der Waals surface area contributed by atoms with Crippen molar-refractivity contribution in [2.45, 2.75) is 32.2 Å². The van der Waals surface area contributed by atoms with Crippen molar-refractivity contribution in [2.24, 2.45) is 0 Å². The summed E-state index contributed by atoms with van der Waals surface area (Å²) in [7, 11) is 0. The van der Waals surface area contributed by atoms with Crippen LogP contribution < -0.4 is 0 Å². The second kappa shape index (κ2) is 5.13. The average molecular weight is 263 g/mol. The highest BCUT2D eigenvalue weighted by atomic mass is 32.1. The molecule has 1 aliphatic rings. The third-order valence-corrected chi connectivity index (χ3v) is 4.24. The maximum Gasteiger partial charge on any atom is 0.264 e. The molecular formula is C14H17NO2S. The minimum Gasteiger partial charge on any atom is -0.384 e. The van der Waals surface area contributed by atoms with Gasteiger partial charge >= 0.3 is 0 Å². The Bertz CT molecular complexity index is 507. The maximum absolute atomic E-state index is 12.4. The van der Waals surface area contributed by atoms with E-state index >= 15 is 0 Å². The van der Waals surface area contributed by atoms with Crippen molar-refractivity contribution in [3.05, 3.63) is 21.9 Å². The van der Waals surface area contributed by atoms with Crippen LogP contribution in [0.25, 0.3) is 0 Å². The molecule has 1 amide bonds. The molecule has 0 spiro atoms. The van der Waals surface area contributed by atoms with Gasteiger partial charge in [-0.1, -0.05) is 11.8 Å². The molecule has 0 bridgehead atoms.